The van der Waals surface area contributed by atoms with Gasteiger partial charge in [0.25, 0.3) is 11.1 Å². The van der Waals surface area contributed by atoms with E-state index in [4.69, 9.17) is 0 Å². The molecule has 2 N–H and O–H groups in total. The average molecular weight is 967 g/mol. The molecule has 3 atom stereocenters. The summed E-state index contributed by atoms with van der Waals surface area (Å²) in [6, 6.07) is 3.16. The normalized spacial score (nSPS) is 16.0. The number of nitrogens with one attached hydrogen (secondary N) is 2. The van der Waals surface area contributed by atoms with Crippen molar-refractivity contribution in [2.75, 3.05) is 33.5 Å². The smallest absolute Gasteiger partial charge is 0.332 e. The maximum Gasteiger partial charge on any atom is 0.332 e. The van der Waals surface area contributed by atoms with E-state index in [-0.39, 0.29) is 28.9 Å². The van der Waals surface area contributed by atoms with Crippen LogP contribution in [0.1, 0.15) is 52.5 Å². The first kappa shape index (κ1) is 47.2. The van der Waals surface area contributed by atoms with Crippen molar-refractivity contribution in [3.63, 3.8) is 0 Å². The molecule has 0 aromatic carbocycles. The van der Waals surface area contributed by atoms with E-state index < -0.39 is 40.4 Å². The van der Waals surface area contributed by atoms with Gasteiger partial charge in [-0.05, 0) is 58.6 Å². The number of anilines is 4. The lowest BCUT2D eigenvalue weighted by atomic mass is 10.2. The van der Waals surface area contributed by atoms with Gasteiger partial charge in [0.2, 0.25) is 23.7 Å². The van der Waals surface area contributed by atoms with Gasteiger partial charge in [0, 0.05) is 90.5 Å². The third-order valence-electron chi connectivity index (χ3n) is 12.7. The molecule has 2 aliphatic heterocycles. The molecule has 2 fully saturated rings. The summed E-state index contributed by atoms with van der Waals surface area (Å²) in [5, 5.41) is 5.47. The number of nitrogens with zero attached hydrogens (tertiary/aromatic N) is 18. The van der Waals surface area contributed by atoms with Crippen LogP contribution in [0.15, 0.2) is 81.1 Å². The molecule has 366 valence electrons. The van der Waals surface area contributed by atoms with E-state index in [0.29, 0.717) is 58.4 Å². The van der Waals surface area contributed by atoms with Crippen molar-refractivity contribution in [1.29, 1.82) is 0 Å². The molecule has 2 amide bonds. The Labute approximate surface area is 402 Å². The Hall–Kier alpha value is -8.84. The lowest BCUT2D eigenvalue weighted by Gasteiger charge is -2.20. The minimum absolute atomic E-state index is 0.162. The molecule has 0 spiro atoms. The zero-order valence-corrected chi connectivity index (χ0v) is 40.0. The zero-order chi connectivity index (χ0) is 50.2. The highest BCUT2D eigenvalue weighted by Crippen LogP contribution is 2.25. The van der Waals surface area contributed by atoms with Gasteiger partial charge >= 0.3 is 11.4 Å². The van der Waals surface area contributed by atoms with Gasteiger partial charge in [-0.25, -0.2) is 59.4 Å². The van der Waals surface area contributed by atoms with Gasteiger partial charge in [-0.2, -0.15) is 0 Å². The lowest BCUT2D eigenvalue weighted by Crippen LogP contribution is -2.38. The lowest BCUT2D eigenvalue weighted by molar-refractivity contribution is -0.119. The average Bonchev–Trinajstić information content (AvgIpc) is 4.21. The maximum absolute atomic E-state index is 13.0. The molecule has 26 heteroatoms. The number of carbonyl (C=O) groups is 2. The molecule has 26 nitrogen and oxygen atoms in total. The van der Waals surface area contributed by atoms with Crippen molar-refractivity contribution < 1.29 is 9.59 Å². The van der Waals surface area contributed by atoms with Crippen LogP contribution >= 0.6 is 0 Å². The number of aromatic nitrogens is 16. The zero-order valence-electron chi connectivity index (χ0n) is 40.0. The predicted molar refractivity (Wildman–Crippen MR) is 261 cm³/mol. The number of rotatable bonds is 10. The number of imidazole rings is 2. The van der Waals surface area contributed by atoms with Crippen LogP contribution in [0, 0.1) is 0 Å². The molecule has 0 unspecified atom stereocenters. The summed E-state index contributed by atoms with van der Waals surface area (Å²) in [6.45, 7) is 7.64. The molecule has 8 aromatic rings. The number of fused-ring (bicyclic) bond motifs is 2. The van der Waals surface area contributed by atoms with Gasteiger partial charge in [0.1, 0.15) is 24.2 Å². The second-order valence-electron chi connectivity index (χ2n) is 17.4. The molecular formula is C45H50N20O6. The van der Waals surface area contributed by atoms with Gasteiger partial charge < -0.3 is 29.6 Å². The fraction of sp³-hybridized carbons (Fsp3) is 0.378. The fourth-order valence-electron chi connectivity index (χ4n) is 8.63. The summed E-state index contributed by atoms with van der Waals surface area (Å²) in [5.41, 5.74) is -0.0333. The highest BCUT2D eigenvalue weighted by Gasteiger charge is 2.26. The van der Waals surface area contributed by atoms with E-state index in [0.717, 1.165) is 47.9 Å². The summed E-state index contributed by atoms with van der Waals surface area (Å²) in [5.74, 6) is 1.86. The predicted octanol–water partition coefficient (Wildman–Crippen LogP) is 1.18. The molecule has 0 saturated carbocycles. The summed E-state index contributed by atoms with van der Waals surface area (Å²) in [7, 11) is 5.81. The standard InChI is InChI=1S/C23H26N10O3.C22H24N10O3/c1-13-6-5-9-32(13)22-25-10-15(11-26-22)18-24-8-7-16(28-18)29-20(34)14(2)33-12-27-19-17(33)21(35)31(4)23(36)30(19)3;1-13-5-4-8-32(13)21-24-9-14(10-25-21)18-23-7-6-15(28-18)27-16(33)11-31-12-26-19-17(31)20(34)30(3)22(35)29(19)2/h7-8,10-14H,5-6,9H2,1-4H3,(H,24,28,29,34);6-7,9-10,12-13H,4-5,8,11H2,1-3H3,(H,23,27,28,33)/t13-,14+;13-/m01/s1. The second-order valence-corrected chi connectivity index (χ2v) is 17.4. The summed E-state index contributed by atoms with van der Waals surface area (Å²) in [6.07, 6.45) is 17.0. The Balaban J connectivity index is 0.000000176. The molecule has 0 bridgehead atoms. The van der Waals surface area contributed by atoms with Crippen LogP contribution in [0.2, 0.25) is 0 Å². The summed E-state index contributed by atoms with van der Waals surface area (Å²) in [4.78, 5) is 123. The van der Waals surface area contributed by atoms with Crippen molar-refractivity contribution in [3.05, 3.63) is 104 Å². The van der Waals surface area contributed by atoms with Crippen molar-refractivity contribution >= 4 is 57.7 Å². The van der Waals surface area contributed by atoms with Gasteiger partial charge in [-0.15, -0.1) is 0 Å². The fourth-order valence-corrected chi connectivity index (χ4v) is 8.63. The maximum atomic E-state index is 13.0. The molecular weight excluding hydrogens is 917 g/mol. The van der Waals surface area contributed by atoms with Crippen LogP contribution < -0.4 is 42.9 Å². The first-order valence-electron chi connectivity index (χ1n) is 22.8. The molecule has 10 heterocycles. The third kappa shape index (κ3) is 9.13. The van der Waals surface area contributed by atoms with E-state index >= 15 is 0 Å². The van der Waals surface area contributed by atoms with Crippen molar-refractivity contribution in [2.45, 2.75) is 71.1 Å². The van der Waals surface area contributed by atoms with E-state index in [2.05, 4.69) is 84.1 Å². The monoisotopic (exact) mass is 966 g/mol. The largest absolute Gasteiger partial charge is 0.338 e. The van der Waals surface area contributed by atoms with Crippen LogP contribution in [0.25, 0.3) is 45.1 Å². The number of hydrogen-bond acceptors (Lipinski definition) is 18. The van der Waals surface area contributed by atoms with Crippen molar-refractivity contribution in [2.24, 2.45) is 28.2 Å². The molecule has 0 aliphatic carbocycles. The highest BCUT2D eigenvalue weighted by atomic mass is 16.2. The Morgan fingerprint density at radius 3 is 1.58 bits per heavy atom. The van der Waals surface area contributed by atoms with E-state index in [1.165, 1.54) is 71.5 Å². The van der Waals surface area contributed by atoms with E-state index in [1.54, 1.807) is 43.8 Å². The quantitative estimate of drug-likeness (QED) is 0.194. The molecule has 10 rings (SSSR count). The van der Waals surface area contributed by atoms with Gasteiger partial charge in [0.05, 0.1) is 23.8 Å². The summed E-state index contributed by atoms with van der Waals surface area (Å²) >= 11 is 0. The minimum Gasteiger partial charge on any atom is -0.338 e. The van der Waals surface area contributed by atoms with Crippen LogP contribution in [0.3, 0.4) is 0 Å². The Kier molecular flexibility index (Phi) is 12.8. The van der Waals surface area contributed by atoms with Crippen molar-refractivity contribution in [3.8, 4) is 22.8 Å². The second kappa shape index (κ2) is 19.3. The Morgan fingerprint density at radius 2 is 1.08 bits per heavy atom. The van der Waals surface area contributed by atoms with Gasteiger partial charge in [0.15, 0.2) is 34.0 Å². The Bertz CT molecular complexity index is 3580. The first-order chi connectivity index (χ1) is 34.1. The number of amides is 2. The van der Waals surface area contributed by atoms with Crippen LogP contribution in [0.4, 0.5) is 23.5 Å². The topological polar surface area (TPSA) is 291 Å². The SMILES string of the molecule is C[C@@H]1CCCN1c1ncc(-c2nccc(NC(=O)Cn3cnc4c3c(=O)n(C)c(=O)n4C)n2)cn1.C[C@H](C(=O)Nc1ccnc(-c2cnc(N3CCC[C@@H]3C)nc2)n1)n1cnc2c1c(=O)n(C)c(=O)n2C. The van der Waals surface area contributed by atoms with Gasteiger partial charge in [-0.3, -0.25) is 37.4 Å². The summed E-state index contributed by atoms with van der Waals surface area (Å²) < 4.78 is 7.35. The molecule has 0 radical (unpaired) electrons. The van der Waals surface area contributed by atoms with Crippen LogP contribution in [0.5, 0.6) is 0 Å². The van der Waals surface area contributed by atoms with Gasteiger partial charge in [-0.1, -0.05) is 0 Å². The highest BCUT2D eigenvalue weighted by molar-refractivity contribution is 5.94. The van der Waals surface area contributed by atoms with Crippen LogP contribution in [-0.4, -0.2) is 114 Å². The minimum atomic E-state index is -0.802. The van der Waals surface area contributed by atoms with Crippen molar-refractivity contribution in [1.82, 2.24) is 77.2 Å². The number of hydrogen-bond donors (Lipinski definition) is 2. The Morgan fingerprint density at radius 1 is 0.620 bits per heavy atom. The molecule has 71 heavy (non-hydrogen) atoms. The molecule has 8 aromatic heterocycles. The molecule has 2 saturated heterocycles. The van der Waals surface area contributed by atoms with Crippen LogP contribution in [-0.2, 0) is 44.3 Å². The third-order valence-corrected chi connectivity index (χ3v) is 12.7. The number of carbonyl (C=O) groups excluding carboxylic acids is 2. The van der Waals surface area contributed by atoms with E-state index in [1.807, 2.05) is 0 Å². The molecule has 2 aliphatic rings. The first-order valence-corrected chi connectivity index (χ1v) is 22.8. The number of aryl methyl sites for hydroxylation is 2. The van der Waals surface area contributed by atoms with E-state index in [9.17, 15) is 28.8 Å².